The molecule has 1 aromatic carbocycles. The Morgan fingerprint density at radius 1 is 1.35 bits per heavy atom. The molecule has 0 spiro atoms. The summed E-state index contributed by atoms with van der Waals surface area (Å²) in [6.07, 6.45) is 3.35. The summed E-state index contributed by atoms with van der Waals surface area (Å²) in [6.45, 7) is 2.87. The summed E-state index contributed by atoms with van der Waals surface area (Å²) in [6, 6.07) is 9.07. The maximum absolute atomic E-state index is 6.29. The summed E-state index contributed by atoms with van der Waals surface area (Å²) in [5, 5.41) is 4.23. The van der Waals surface area contributed by atoms with Crippen LogP contribution in [0, 0.1) is 0 Å². The van der Waals surface area contributed by atoms with Crippen molar-refractivity contribution in [1.82, 2.24) is 10.2 Å². The standard InChI is InChI=1S/C16H25ClN2O/c1-18-16(14-5-3-4-6-15(14)17)7-10-19(2)13-8-11-20-12-9-13/h3-6,13,16,18H,7-12H2,1-2H3. The van der Waals surface area contributed by atoms with Gasteiger partial charge in [-0.25, -0.2) is 0 Å². The highest BCUT2D eigenvalue weighted by Crippen LogP contribution is 2.25. The van der Waals surface area contributed by atoms with Gasteiger partial charge in [-0.1, -0.05) is 29.8 Å². The monoisotopic (exact) mass is 296 g/mol. The summed E-state index contributed by atoms with van der Waals surface area (Å²) in [7, 11) is 4.22. The molecule has 1 saturated heterocycles. The molecule has 0 aromatic heterocycles. The molecule has 0 saturated carbocycles. The number of nitrogens with one attached hydrogen (secondary N) is 1. The second-order valence-electron chi connectivity index (χ2n) is 5.48. The van der Waals surface area contributed by atoms with Gasteiger partial charge in [-0.3, -0.25) is 0 Å². The van der Waals surface area contributed by atoms with Gasteiger partial charge < -0.3 is 15.0 Å². The summed E-state index contributed by atoms with van der Waals surface area (Å²) >= 11 is 6.29. The first kappa shape index (κ1) is 15.8. The molecule has 4 heteroatoms. The van der Waals surface area contributed by atoms with Crippen molar-refractivity contribution in [3.8, 4) is 0 Å². The maximum atomic E-state index is 6.29. The van der Waals surface area contributed by atoms with Gasteiger partial charge in [0.15, 0.2) is 0 Å². The molecule has 0 bridgehead atoms. The second kappa shape index (κ2) is 7.99. The van der Waals surface area contributed by atoms with E-state index < -0.39 is 0 Å². The predicted octanol–water partition coefficient (Wildman–Crippen LogP) is 3.10. The van der Waals surface area contributed by atoms with Crippen LogP contribution in [0.25, 0.3) is 0 Å². The van der Waals surface area contributed by atoms with Crippen LogP contribution in [0.1, 0.15) is 30.9 Å². The van der Waals surface area contributed by atoms with Crippen LogP contribution in [0.5, 0.6) is 0 Å². The SMILES string of the molecule is CNC(CCN(C)C1CCOCC1)c1ccccc1Cl. The van der Waals surface area contributed by atoms with Gasteiger partial charge in [0, 0.05) is 30.3 Å². The molecule has 1 heterocycles. The molecule has 1 aromatic rings. The highest BCUT2D eigenvalue weighted by atomic mass is 35.5. The number of rotatable bonds is 6. The number of hydrogen-bond acceptors (Lipinski definition) is 3. The number of nitrogens with zero attached hydrogens (tertiary/aromatic N) is 1. The van der Waals surface area contributed by atoms with E-state index in [1.54, 1.807) is 0 Å². The Kier molecular flexibility index (Phi) is 6.30. The minimum absolute atomic E-state index is 0.311. The van der Waals surface area contributed by atoms with Crippen molar-refractivity contribution in [1.29, 1.82) is 0 Å². The second-order valence-corrected chi connectivity index (χ2v) is 5.88. The third-order valence-electron chi connectivity index (χ3n) is 4.21. The number of hydrogen-bond donors (Lipinski definition) is 1. The smallest absolute Gasteiger partial charge is 0.0480 e. The van der Waals surface area contributed by atoms with Gasteiger partial charge in [0.1, 0.15) is 0 Å². The first-order chi connectivity index (χ1) is 9.72. The minimum Gasteiger partial charge on any atom is -0.381 e. The lowest BCUT2D eigenvalue weighted by molar-refractivity contribution is 0.0420. The Morgan fingerprint density at radius 2 is 2.05 bits per heavy atom. The van der Waals surface area contributed by atoms with Crippen molar-refractivity contribution in [2.75, 3.05) is 33.9 Å². The first-order valence-corrected chi connectivity index (χ1v) is 7.80. The molecule has 1 aliphatic rings. The quantitative estimate of drug-likeness (QED) is 0.873. The predicted molar refractivity (Wildman–Crippen MR) is 84.3 cm³/mol. The fourth-order valence-corrected chi connectivity index (χ4v) is 3.12. The molecule has 112 valence electrons. The molecule has 1 aliphatic heterocycles. The number of benzene rings is 1. The third-order valence-corrected chi connectivity index (χ3v) is 4.56. The summed E-state index contributed by atoms with van der Waals surface area (Å²) < 4.78 is 5.43. The zero-order chi connectivity index (χ0) is 14.4. The summed E-state index contributed by atoms with van der Waals surface area (Å²) in [4.78, 5) is 2.46. The van der Waals surface area contributed by atoms with Crippen molar-refractivity contribution in [2.24, 2.45) is 0 Å². The minimum atomic E-state index is 0.311. The van der Waals surface area contributed by atoms with E-state index in [-0.39, 0.29) is 0 Å². The first-order valence-electron chi connectivity index (χ1n) is 7.42. The van der Waals surface area contributed by atoms with E-state index in [1.165, 1.54) is 5.56 Å². The van der Waals surface area contributed by atoms with Crippen LogP contribution >= 0.6 is 11.6 Å². The van der Waals surface area contributed by atoms with Gasteiger partial charge in [-0.05, 0) is 51.5 Å². The molecule has 0 aliphatic carbocycles. The fourth-order valence-electron chi connectivity index (χ4n) is 2.85. The lowest BCUT2D eigenvalue weighted by Gasteiger charge is -2.32. The van der Waals surface area contributed by atoms with Gasteiger partial charge in [0.25, 0.3) is 0 Å². The van der Waals surface area contributed by atoms with Crippen molar-refractivity contribution < 1.29 is 4.74 Å². The summed E-state index contributed by atoms with van der Waals surface area (Å²) in [5.41, 5.74) is 1.19. The van der Waals surface area contributed by atoms with Crippen LogP contribution in [0.3, 0.4) is 0 Å². The molecule has 0 amide bonds. The average Bonchev–Trinajstić information content (AvgIpc) is 2.50. The lowest BCUT2D eigenvalue weighted by Crippen LogP contribution is -2.38. The van der Waals surface area contributed by atoms with E-state index in [4.69, 9.17) is 16.3 Å². The van der Waals surface area contributed by atoms with Crippen molar-refractivity contribution in [2.45, 2.75) is 31.3 Å². The Balaban J connectivity index is 1.89. The third kappa shape index (κ3) is 4.19. The molecule has 1 atom stereocenters. The van der Waals surface area contributed by atoms with Gasteiger partial charge in [0.05, 0.1) is 0 Å². The molecule has 0 radical (unpaired) electrons. The van der Waals surface area contributed by atoms with Crippen LogP contribution in [0.4, 0.5) is 0 Å². The Labute approximate surface area is 127 Å². The zero-order valence-electron chi connectivity index (χ0n) is 12.4. The maximum Gasteiger partial charge on any atom is 0.0480 e. The normalized spacial score (nSPS) is 18.4. The average molecular weight is 297 g/mol. The Bertz CT molecular complexity index is 407. The molecule has 3 nitrogen and oxygen atoms in total. The van der Waals surface area contributed by atoms with E-state index >= 15 is 0 Å². The largest absolute Gasteiger partial charge is 0.381 e. The highest BCUT2D eigenvalue weighted by Gasteiger charge is 2.20. The van der Waals surface area contributed by atoms with E-state index in [0.29, 0.717) is 12.1 Å². The fraction of sp³-hybridized carbons (Fsp3) is 0.625. The zero-order valence-corrected chi connectivity index (χ0v) is 13.2. The summed E-state index contributed by atoms with van der Waals surface area (Å²) in [5.74, 6) is 0. The van der Waals surface area contributed by atoms with E-state index in [1.807, 2.05) is 25.2 Å². The Hall–Kier alpha value is -0.610. The van der Waals surface area contributed by atoms with Crippen LogP contribution in [0.2, 0.25) is 5.02 Å². The van der Waals surface area contributed by atoms with E-state index in [2.05, 4.69) is 23.3 Å². The van der Waals surface area contributed by atoms with E-state index in [9.17, 15) is 0 Å². The van der Waals surface area contributed by atoms with E-state index in [0.717, 1.165) is 44.0 Å². The van der Waals surface area contributed by atoms with Gasteiger partial charge in [-0.15, -0.1) is 0 Å². The van der Waals surface area contributed by atoms with Crippen molar-refractivity contribution >= 4 is 11.6 Å². The molecule has 1 fully saturated rings. The molecule has 20 heavy (non-hydrogen) atoms. The van der Waals surface area contributed by atoms with Gasteiger partial charge in [-0.2, -0.15) is 0 Å². The molecule has 1 unspecified atom stereocenters. The van der Waals surface area contributed by atoms with Crippen LogP contribution in [0.15, 0.2) is 24.3 Å². The molecular formula is C16H25ClN2O. The number of ether oxygens (including phenoxy) is 1. The van der Waals surface area contributed by atoms with Crippen molar-refractivity contribution in [3.63, 3.8) is 0 Å². The Morgan fingerprint density at radius 3 is 2.70 bits per heavy atom. The highest BCUT2D eigenvalue weighted by molar-refractivity contribution is 6.31. The van der Waals surface area contributed by atoms with Gasteiger partial charge in [0.2, 0.25) is 0 Å². The number of halogens is 1. The molecule has 2 rings (SSSR count). The lowest BCUT2D eigenvalue weighted by atomic mass is 10.0. The molecular weight excluding hydrogens is 272 g/mol. The van der Waals surface area contributed by atoms with Crippen LogP contribution in [-0.2, 0) is 4.74 Å². The van der Waals surface area contributed by atoms with Gasteiger partial charge >= 0.3 is 0 Å². The topological polar surface area (TPSA) is 24.5 Å². The molecule has 1 N–H and O–H groups in total. The van der Waals surface area contributed by atoms with Crippen molar-refractivity contribution in [3.05, 3.63) is 34.9 Å². The van der Waals surface area contributed by atoms with Crippen LogP contribution in [-0.4, -0.2) is 44.8 Å². The van der Waals surface area contributed by atoms with Crippen LogP contribution < -0.4 is 5.32 Å².